The largest absolute Gasteiger partial charge is 0.465 e. The SMILES string of the molecule is COC(=O)c1ccc(F)cc1NC(=O)C1(CN)CCC1. The number of nitrogens with one attached hydrogen (secondary N) is 1. The summed E-state index contributed by atoms with van der Waals surface area (Å²) in [6.45, 7) is 0.238. The topological polar surface area (TPSA) is 81.4 Å². The normalized spacial score (nSPS) is 16.1. The maximum absolute atomic E-state index is 13.3. The van der Waals surface area contributed by atoms with Crippen molar-refractivity contribution in [3.05, 3.63) is 29.6 Å². The van der Waals surface area contributed by atoms with E-state index < -0.39 is 17.2 Å². The number of methoxy groups -OCH3 is 1. The average molecular weight is 280 g/mol. The first-order chi connectivity index (χ1) is 9.52. The summed E-state index contributed by atoms with van der Waals surface area (Å²) in [5.41, 5.74) is 5.29. The number of carbonyl (C=O) groups excluding carboxylic acids is 2. The van der Waals surface area contributed by atoms with Gasteiger partial charge in [-0.05, 0) is 31.0 Å². The summed E-state index contributed by atoms with van der Waals surface area (Å²) in [4.78, 5) is 23.9. The lowest BCUT2D eigenvalue weighted by Crippen LogP contribution is -2.47. The molecule has 0 atom stereocenters. The van der Waals surface area contributed by atoms with Crippen molar-refractivity contribution in [2.24, 2.45) is 11.1 Å². The number of esters is 1. The van der Waals surface area contributed by atoms with E-state index in [0.29, 0.717) is 12.8 Å². The summed E-state index contributed by atoms with van der Waals surface area (Å²) in [6, 6.07) is 3.53. The molecule has 1 fully saturated rings. The number of carbonyl (C=O) groups is 2. The summed E-state index contributed by atoms with van der Waals surface area (Å²) in [5, 5.41) is 2.60. The van der Waals surface area contributed by atoms with E-state index in [-0.39, 0.29) is 23.7 Å². The molecule has 0 heterocycles. The molecule has 1 amide bonds. The molecule has 0 spiro atoms. The van der Waals surface area contributed by atoms with Gasteiger partial charge in [-0.15, -0.1) is 0 Å². The molecule has 1 aromatic carbocycles. The maximum Gasteiger partial charge on any atom is 0.339 e. The lowest BCUT2D eigenvalue weighted by atomic mass is 9.68. The van der Waals surface area contributed by atoms with Gasteiger partial charge in [0, 0.05) is 6.54 Å². The Morgan fingerprint density at radius 3 is 2.65 bits per heavy atom. The van der Waals surface area contributed by atoms with Crippen LogP contribution >= 0.6 is 0 Å². The molecule has 0 aliphatic heterocycles. The van der Waals surface area contributed by atoms with Crippen LogP contribution in [-0.4, -0.2) is 25.5 Å². The van der Waals surface area contributed by atoms with Gasteiger partial charge < -0.3 is 15.8 Å². The number of rotatable bonds is 4. The Bertz CT molecular complexity index is 536. The summed E-state index contributed by atoms with van der Waals surface area (Å²) < 4.78 is 17.9. The van der Waals surface area contributed by atoms with Crippen molar-refractivity contribution in [2.75, 3.05) is 19.0 Å². The van der Waals surface area contributed by atoms with E-state index in [2.05, 4.69) is 10.1 Å². The van der Waals surface area contributed by atoms with Crippen LogP contribution in [0.15, 0.2) is 18.2 Å². The highest BCUT2D eigenvalue weighted by atomic mass is 19.1. The first-order valence-corrected chi connectivity index (χ1v) is 6.42. The van der Waals surface area contributed by atoms with Gasteiger partial charge in [0.25, 0.3) is 0 Å². The highest BCUT2D eigenvalue weighted by Gasteiger charge is 2.43. The number of ether oxygens (including phenoxy) is 1. The fraction of sp³-hybridized carbons (Fsp3) is 0.429. The fourth-order valence-electron chi connectivity index (χ4n) is 2.29. The average Bonchev–Trinajstić information content (AvgIpc) is 2.37. The second-order valence-electron chi connectivity index (χ2n) is 4.97. The van der Waals surface area contributed by atoms with Crippen molar-refractivity contribution in [1.82, 2.24) is 0 Å². The standard InChI is InChI=1S/C14H17FN2O3/c1-20-12(18)10-4-3-9(15)7-11(10)17-13(19)14(8-16)5-2-6-14/h3-4,7H,2,5-6,8,16H2,1H3,(H,17,19). The van der Waals surface area contributed by atoms with E-state index in [1.807, 2.05) is 0 Å². The Morgan fingerprint density at radius 2 is 2.15 bits per heavy atom. The van der Waals surface area contributed by atoms with E-state index in [1.54, 1.807) is 0 Å². The van der Waals surface area contributed by atoms with E-state index in [0.717, 1.165) is 18.6 Å². The molecule has 0 unspecified atom stereocenters. The molecule has 0 saturated heterocycles. The van der Waals surface area contributed by atoms with Crippen LogP contribution in [0.1, 0.15) is 29.6 Å². The minimum absolute atomic E-state index is 0.113. The number of amides is 1. The molecule has 20 heavy (non-hydrogen) atoms. The third-order valence-electron chi connectivity index (χ3n) is 3.82. The molecule has 5 nitrogen and oxygen atoms in total. The van der Waals surface area contributed by atoms with Crippen LogP contribution in [-0.2, 0) is 9.53 Å². The van der Waals surface area contributed by atoms with Crippen molar-refractivity contribution in [3.8, 4) is 0 Å². The Hall–Kier alpha value is -1.95. The van der Waals surface area contributed by atoms with Gasteiger partial charge in [0.2, 0.25) is 5.91 Å². The van der Waals surface area contributed by atoms with Crippen LogP contribution in [0.25, 0.3) is 0 Å². The van der Waals surface area contributed by atoms with E-state index in [1.165, 1.54) is 13.2 Å². The first-order valence-electron chi connectivity index (χ1n) is 6.42. The maximum atomic E-state index is 13.3. The van der Waals surface area contributed by atoms with Crippen molar-refractivity contribution >= 4 is 17.6 Å². The van der Waals surface area contributed by atoms with Crippen LogP contribution in [0.2, 0.25) is 0 Å². The van der Waals surface area contributed by atoms with Crippen LogP contribution in [0.5, 0.6) is 0 Å². The van der Waals surface area contributed by atoms with Crippen molar-refractivity contribution in [3.63, 3.8) is 0 Å². The van der Waals surface area contributed by atoms with E-state index in [4.69, 9.17) is 5.73 Å². The Morgan fingerprint density at radius 1 is 1.45 bits per heavy atom. The molecule has 6 heteroatoms. The van der Waals surface area contributed by atoms with Gasteiger partial charge in [0.15, 0.2) is 0 Å². The van der Waals surface area contributed by atoms with Gasteiger partial charge >= 0.3 is 5.97 Å². The molecule has 2 rings (SSSR count). The smallest absolute Gasteiger partial charge is 0.339 e. The molecular weight excluding hydrogens is 263 g/mol. The van der Waals surface area contributed by atoms with E-state index >= 15 is 0 Å². The van der Waals surface area contributed by atoms with E-state index in [9.17, 15) is 14.0 Å². The minimum Gasteiger partial charge on any atom is -0.465 e. The first kappa shape index (κ1) is 14.5. The number of benzene rings is 1. The predicted molar refractivity (Wildman–Crippen MR) is 71.7 cm³/mol. The molecule has 0 radical (unpaired) electrons. The summed E-state index contributed by atoms with van der Waals surface area (Å²) in [5.74, 6) is -1.44. The monoisotopic (exact) mass is 280 g/mol. The van der Waals surface area contributed by atoms with Crippen molar-refractivity contribution in [2.45, 2.75) is 19.3 Å². The van der Waals surface area contributed by atoms with Crippen LogP contribution in [0, 0.1) is 11.2 Å². The van der Waals surface area contributed by atoms with Crippen molar-refractivity contribution in [1.29, 1.82) is 0 Å². The quantitative estimate of drug-likeness (QED) is 0.822. The number of hydrogen-bond donors (Lipinski definition) is 2. The molecule has 0 aromatic heterocycles. The number of anilines is 1. The predicted octanol–water partition coefficient (Wildman–Crippen LogP) is 1.68. The third kappa shape index (κ3) is 2.51. The second kappa shape index (κ2) is 5.58. The molecular formula is C14H17FN2O3. The molecule has 1 aliphatic rings. The lowest BCUT2D eigenvalue weighted by Gasteiger charge is -2.39. The summed E-state index contributed by atoms with van der Waals surface area (Å²) in [7, 11) is 1.23. The summed E-state index contributed by atoms with van der Waals surface area (Å²) in [6.07, 6.45) is 2.36. The van der Waals surface area contributed by atoms with Crippen molar-refractivity contribution < 1.29 is 18.7 Å². The molecule has 1 aromatic rings. The van der Waals surface area contributed by atoms with Gasteiger partial charge in [-0.2, -0.15) is 0 Å². The Labute approximate surface area is 116 Å². The van der Waals surface area contributed by atoms with Gasteiger partial charge in [-0.1, -0.05) is 6.42 Å². The third-order valence-corrected chi connectivity index (χ3v) is 3.82. The molecule has 3 N–H and O–H groups in total. The molecule has 108 valence electrons. The number of nitrogens with two attached hydrogens (primary N) is 1. The van der Waals surface area contributed by atoms with Gasteiger partial charge in [-0.25, -0.2) is 9.18 Å². The highest BCUT2D eigenvalue weighted by Crippen LogP contribution is 2.41. The van der Waals surface area contributed by atoms with Gasteiger partial charge in [0.1, 0.15) is 5.82 Å². The zero-order valence-corrected chi connectivity index (χ0v) is 11.2. The van der Waals surface area contributed by atoms with Gasteiger partial charge in [0.05, 0.1) is 23.8 Å². The Kier molecular flexibility index (Phi) is 4.04. The Balaban J connectivity index is 2.26. The highest BCUT2D eigenvalue weighted by molar-refractivity contribution is 6.03. The zero-order valence-electron chi connectivity index (χ0n) is 11.2. The second-order valence-corrected chi connectivity index (χ2v) is 4.97. The summed E-state index contributed by atoms with van der Waals surface area (Å²) >= 11 is 0. The molecule has 1 saturated carbocycles. The molecule has 0 bridgehead atoms. The minimum atomic E-state index is -0.629. The van der Waals surface area contributed by atoms with Crippen LogP contribution < -0.4 is 11.1 Å². The zero-order chi connectivity index (χ0) is 14.8. The number of hydrogen-bond acceptors (Lipinski definition) is 4. The van der Waals surface area contributed by atoms with Crippen LogP contribution in [0.4, 0.5) is 10.1 Å². The molecule has 1 aliphatic carbocycles. The van der Waals surface area contributed by atoms with Crippen LogP contribution in [0.3, 0.4) is 0 Å². The fourth-order valence-corrected chi connectivity index (χ4v) is 2.29. The number of halogens is 1. The van der Waals surface area contributed by atoms with Gasteiger partial charge in [-0.3, -0.25) is 4.79 Å². The lowest BCUT2D eigenvalue weighted by molar-refractivity contribution is -0.129.